The second kappa shape index (κ2) is 9.55. The summed E-state index contributed by atoms with van der Waals surface area (Å²) in [6, 6.07) is 5.57. The zero-order chi connectivity index (χ0) is 16.5. The Hall–Kier alpha value is -1.44. The lowest BCUT2D eigenvalue weighted by atomic mass is 10.2. The number of rotatable bonds is 8. The van der Waals surface area contributed by atoms with Crippen molar-refractivity contribution in [3.63, 3.8) is 0 Å². The number of methoxy groups -OCH3 is 1. The molecule has 0 atom stereocenters. The Morgan fingerprint density at radius 2 is 2.05 bits per heavy atom. The summed E-state index contributed by atoms with van der Waals surface area (Å²) in [4.78, 5) is 25.1. The molecule has 0 aliphatic rings. The van der Waals surface area contributed by atoms with Gasteiger partial charge in [-0.25, -0.2) is 0 Å². The molecule has 2 amide bonds. The van der Waals surface area contributed by atoms with Gasteiger partial charge in [0.2, 0.25) is 11.8 Å². The van der Waals surface area contributed by atoms with E-state index in [4.69, 9.17) is 9.47 Å². The molecule has 1 aromatic carbocycles. The lowest BCUT2D eigenvalue weighted by Crippen LogP contribution is -2.37. The van der Waals surface area contributed by atoms with Crippen LogP contribution in [-0.2, 0) is 19.1 Å². The topological polar surface area (TPSA) is 67.9 Å². The maximum Gasteiger partial charge on any atom is 0.248 e. The summed E-state index contributed by atoms with van der Waals surface area (Å²) in [5, 5.41) is 2.79. The fourth-order valence-corrected chi connectivity index (χ4v) is 2.15. The van der Waals surface area contributed by atoms with Crippen LogP contribution in [0.3, 0.4) is 0 Å². The molecule has 7 heteroatoms. The minimum atomic E-state index is -0.252. The first-order valence-corrected chi connectivity index (χ1v) is 7.60. The third kappa shape index (κ3) is 6.55. The van der Waals surface area contributed by atoms with Gasteiger partial charge in [-0.3, -0.25) is 9.59 Å². The zero-order valence-electron chi connectivity index (χ0n) is 13.0. The van der Waals surface area contributed by atoms with Gasteiger partial charge in [0.05, 0.1) is 19.8 Å². The monoisotopic (exact) mass is 372 g/mol. The molecule has 0 bridgehead atoms. The Balaban J connectivity index is 2.41. The van der Waals surface area contributed by atoms with Crippen molar-refractivity contribution in [3.8, 4) is 0 Å². The number of carbonyl (C=O) groups excluding carboxylic acids is 2. The van der Waals surface area contributed by atoms with Crippen molar-refractivity contribution in [3.05, 3.63) is 28.2 Å². The molecule has 0 heterocycles. The van der Waals surface area contributed by atoms with Crippen molar-refractivity contribution in [1.29, 1.82) is 0 Å². The Morgan fingerprint density at radius 3 is 2.68 bits per heavy atom. The van der Waals surface area contributed by atoms with Crippen LogP contribution in [0.15, 0.2) is 22.7 Å². The number of anilines is 1. The molecule has 0 aliphatic carbocycles. The van der Waals surface area contributed by atoms with Gasteiger partial charge in [-0.05, 0) is 30.7 Å². The van der Waals surface area contributed by atoms with Crippen LogP contribution in [0.2, 0.25) is 0 Å². The van der Waals surface area contributed by atoms with Crippen LogP contribution in [0.5, 0.6) is 0 Å². The SMILES string of the molecule is COCCOCC(=O)N(C)CC(=O)Nc1ccc(Br)cc1C. The van der Waals surface area contributed by atoms with Crippen molar-refractivity contribution in [2.45, 2.75) is 6.92 Å². The quantitative estimate of drug-likeness (QED) is 0.706. The van der Waals surface area contributed by atoms with Gasteiger partial charge in [-0.15, -0.1) is 0 Å². The molecular weight excluding hydrogens is 352 g/mol. The molecule has 0 unspecified atom stereocenters. The number of halogens is 1. The number of aryl methyl sites for hydroxylation is 1. The summed E-state index contributed by atoms with van der Waals surface area (Å²) < 4.78 is 10.9. The van der Waals surface area contributed by atoms with Crippen LogP contribution >= 0.6 is 15.9 Å². The van der Waals surface area contributed by atoms with Gasteiger partial charge in [-0.2, -0.15) is 0 Å². The molecule has 6 nitrogen and oxygen atoms in total. The van der Waals surface area contributed by atoms with Gasteiger partial charge in [0.1, 0.15) is 6.61 Å². The van der Waals surface area contributed by atoms with Crippen LogP contribution in [0.25, 0.3) is 0 Å². The Morgan fingerprint density at radius 1 is 1.32 bits per heavy atom. The van der Waals surface area contributed by atoms with Crippen LogP contribution in [0.1, 0.15) is 5.56 Å². The lowest BCUT2D eigenvalue weighted by Gasteiger charge is -2.17. The van der Waals surface area contributed by atoms with E-state index in [-0.39, 0.29) is 25.0 Å². The first kappa shape index (κ1) is 18.6. The lowest BCUT2D eigenvalue weighted by molar-refractivity contribution is -0.137. The number of hydrogen-bond donors (Lipinski definition) is 1. The standard InChI is InChI=1S/C15H21BrN2O4/c1-11-8-12(16)4-5-13(11)17-14(19)9-18(2)15(20)10-22-7-6-21-3/h4-5,8H,6-7,9-10H2,1-3H3,(H,17,19). The molecule has 0 spiro atoms. The molecule has 0 saturated heterocycles. The number of carbonyl (C=O) groups is 2. The highest BCUT2D eigenvalue weighted by molar-refractivity contribution is 9.10. The maximum atomic E-state index is 12.0. The highest BCUT2D eigenvalue weighted by Gasteiger charge is 2.13. The molecule has 22 heavy (non-hydrogen) atoms. The predicted molar refractivity (Wildman–Crippen MR) is 87.8 cm³/mol. The first-order chi connectivity index (χ1) is 10.4. The number of amides is 2. The number of nitrogens with zero attached hydrogens (tertiary/aromatic N) is 1. The van der Waals surface area contributed by atoms with Crippen molar-refractivity contribution in [1.82, 2.24) is 4.90 Å². The van der Waals surface area contributed by atoms with Crippen LogP contribution in [-0.4, -0.2) is 57.2 Å². The van der Waals surface area contributed by atoms with E-state index in [9.17, 15) is 9.59 Å². The van der Waals surface area contributed by atoms with Gasteiger partial charge in [-0.1, -0.05) is 15.9 Å². The Kier molecular flexibility index (Phi) is 8.08. The fourth-order valence-electron chi connectivity index (χ4n) is 1.67. The van der Waals surface area contributed by atoms with Gasteiger partial charge in [0.15, 0.2) is 0 Å². The van der Waals surface area contributed by atoms with Crippen LogP contribution < -0.4 is 5.32 Å². The van der Waals surface area contributed by atoms with E-state index in [0.717, 1.165) is 15.7 Å². The van der Waals surface area contributed by atoms with Crippen molar-refractivity contribution in [2.75, 3.05) is 45.8 Å². The van der Waals surface area contributed by atoms with E-state index in [1.54, 1.807) is 14.2 Å². The number of likely N-dealkylation sites (N-methyl/N-ethyl adjacent to an activating group) is 1. The zero-order valence-corrected chi connectivity index (χ0v) is 14.6. The average molecular weight is 373 g/mol. The Labute approximate surface area is 138 Å². The highest BCUT2D eigenvalue weighted by Crippen LogP contribution is 2.19. The summed E-state index contributed by atoms with van der Waals surface area (Å²) in [6.07, 6.45) is 0. The van der Waals surface area contributed by atoms with E-state index in [2.05, 4.69) is 21.2 Å². The van der Waals surface area contributed by atoms with Crippen LogP contribution in [0.4, 0.5) is 5.69 Å². The third-order valence-electron chi connectivity index (χ3n) is 2.93. The number of nitrogens with one attached hydrogen (secondary N) is 1. The molecule has 0 radical (unpaired) electrons. The van der Waals surface area contributed by atoms with Gasteiger partial charge >= 0.3 is 0 Å². The highest BCUT2D eigenvalue weighted by atomic mass is 79.9. The summed E-state index contributed by atoms with van der Waals surface area (Å²) >= 11 is 3.37. The number of benzene rings is 1. The first-order valence-electron chi connectivity index (χ1n) is 6.80. The van der Waals surface area contributed by atoms with E-state index in [0.29, 0.717) is 13.2 Å². The molecule has 1 rings (SSSR count). The second-order valence-corrected chi connectivity index (χ2v) is 5.72. The molecule has 0 aromatic heterocycles. The van der Waals surface area contributed by atoms with Crippen molar-refractivity contribution in [2.24, 2.45) is 0 Å². The normalized spacial score (nSPS) is 10.4. The molecule has 0 fully saturated rings. The minimum Gasteiger partial charge on any atom is -0.382 e. The molecule has 1 aromatic rings. The molecule has 1 N–H and O–H groups in total. The Bertz CT molecular complexity index is 522. The fraction of sp³-hybridized carbons (Fsp3) is 0.467. The molecular formula is C15H21BrN2O4. The van der Waals surface area contributed by atoms with Gasteiger partial charge < -0.3 is 19.7 Å². The van der Waals surface area contributed by atoms with E-state index < -0.39 is 0 Å². The predicted octanol–water partition coefficient (Wildman–Crippen LogP) is 1.82. The summed E-state index contributed by atoms with van der Waals surface area (Å²) in [7, 11) is 3.13. The number of ether oxygens (including phenoxy) is 2. The van der Waals surface area contributed by atoms with Gasteiger partial charge in [0.25, 0.3) is 0 Å². The second-order valence-electron chi connectivity index (χ2n) is 4.80. The number of hydrogen-bond acceptors (Lipinski definition) is 4. The van der Waals surface area contributed by atoms with E-state index in [1.165, 1.54) is 4.90 Å². The van der Waals surface area contributed by atoms with Crippen molar-refractivity contribution < 1.29 is 19.1 Å². The smallest absolute Gasteiger partial charge is 0.248 e. The van der Waals surface area contributed by atoms with Crippen molar-refractivity contribution >= 4 is 33.4 Å². The summed E-state index contributed by atoms with van der Waals surface area (Å²) in [5.74, 6) is -0.503. The largest absolute Gasteiger partial charge is 0.382 e. The minimum absolute atomic E-state index is 0.0258. The van der Waals surface area contributed by atoms with Gasteiger partial charge in [0, 0.05) is 24.3 Å². The average Bonchev–Trinajstić information content (AvgIpc) is 2.46. The van der Waals surface area contributed by atoms with E-state index >= 15 is 0 Å². The van der Waals surface area contributed by atoms with Crippen LogP contribution in [0, 0.1) is 6.92 Å². The third-order valence-corrected chi connectivity index (χ3v) is 3.42. The maximum absolute atomic E-state index is 12.0. The molecule has 122 valence electrons. The molecule has 0 saturated carbocycles. The summed E-state index contributed by atoms with van der Waals surface area (Å²) in [5.41, 5.74) is 1.67. The summed E-state index contributed by atoms with van der Waals surface area (Å²) in [6.45, 7) is 2.59. The molecule has 0 aliphatic heterocycles. The van der Waals surface area contributed by atoms with E-state index in [1.807, 2.05) is 25.1 Å².